The van der Waals surface area contributed by atoms with Crippen molar-refractivity contribution in [3.05, 3.63) is 109 Å². The maximum atomic E-state index is 12.8. The third-order valence-corrected chi connectivity index (χ3v) is 10.1. The average Bonchev–Trinajstić information content (AvgIpc) is 3.27. The molecule has 1 unspecified atom stereocenters. The number of ether oxygens (including phenoxy) is 3. The van der Waals surface area contributed by atoms with Crippen LogP contribution in [0.1, 0.15) is 207 Å². The number of carbonyl (C=O) groups excluding carboxylic acids is 3. The molecule has 0 aromatic heterocycles. The molecule has 0 aliphatic rings. The first-order valence-electron chi connectivity index (χ1n) is 24.9. The van der Waals surface area contributed by atoms with Crippen molar-refractivity contribution in [2.45, 2.75) is 213 Å². The first kappa shape index (κ1) is 58.1. The number of esters is 3. The molecule has 6 nitrogen and oxygen atoms in total. The largest absolute Gasteiger partial charge is 0.462 e. The van der Waals surface area contributed by atoms with Crippen LogP contribution in [0.4, 0.5) is 0 Å². The standard InChI is InChI=1S/C56H90O6/c1-4-7-10-13-16-19-22-25-26-27-28-29-30-32-34-37-40-43-46-49-55(58)61-52-53(51-60-54(57)48-45-42-39-36-33-24-21-18-15-12-9-6-3)62-56(59)50-47-44-41-38-35-31-23-20-17-14-11-8-5-2/h7-8,10-11,14,16-17,19-20,23,25-26,28-29,32,34,40,43,53H,4-6,9,12-13,15,18,21-22,24,27,30-31,33,35-39,41-42,44-52H2,1-3H3/b10-7-,11-8-,17-14-,19-16-,23-20-,26-25-,29-28-,34-32-,43-40-. The van der Waals surface area contributed by atoms with Crippen LogP contribution in [0.3, 0.4) is 0 Å². The number of hydrogen-bond donors (Lipinski definition) is 0. The van der Waals surface area contributed by atoms with Crippen molar-refractivity contribution < 1.29 is 28.6 Å². The van der Waals surface area contributed by atoms with Crippen LogP contribution < -0.4 is 0 Å². The van der Waals surface area contributed by atoms with Crippen LogP contribution in [0.5, 0.6) is 0 Å². The third-order valence-electron chi connectivity index (χ3n) is 10.1. The maximum absolute atomic E-state index is 12.8. The van der Waals surface area contributed by atoms with Crippen molar-refractivity contribution in [1.82, 2.24) is 0 Å². The van der Waals surface area contributed by atoms with Crippen molar-refractivity contribution in [3.8, 4) is 0 Å². The van der Waals surface area contributed by atoms with E-state index in [1.807, 2.05) is 18.2 Å². The highest BCUT2D eigenvalue weighted by Crippen LogP contribution is 2.14. The van der Waals surface area contributed by atoms with E-state index < -0.39 is 6.10 Å². The highest BCUT2D eigenvalue weighted by atomic mass is 16.6. The van der Waals surface area contributed by atoms with Crippen LogP contribution >= 0.6 is 0 Å². The van der Waals surface area contributed by atoms with Gasteiger partial charge in [0.2, 0.25) is 0 Å². The molecule has 62 heavy (non-hydrogen) atoms. The zero-order valence-corrected chi connectivity index (χ0v) is 39.8. The van der Waals surface area contributed by atoms with Crippen molar-refractivity contribution in [1.29, 1.82) is 0 Å². The second kappa shape index (κ2) is 49.7. The number of rotatable bonds is 43. The summed E-state index contributed by atoms with van der Waals surface area (Å²) in [7, 11) is 0. The first-order chi connectivity index (χ1) is 30.5. The van der Waals surface area contributed by atoms with Gasteiger partial charge in [0, 0.05) is 19.3 Å². The molecule has 0 aliphatic heterocycles. The molecule has 0 aliphatic carbocycles. The van der Waals surface area contributed by atoms with Gasteiger partial charge in [-0.3, -0.25) is 14.4 Å². The van der Waals surface area contributed by atoms with Gasteiger partial charge in [0.05, 0.1) is 0 Å². The fraction of sp³-hybridized carbons (Fsp3) is 0.625. The van der Waals surface area contributed by atoms with Gasteiger partial charge in [0.1, 0.15) is 13.2 Å². The van der Waals surface area contributed by atoms with Gasteiger partial charge in [0.15, 0.2) is 6.10 Å². The van der Waals surface area contributed by atoms with Crippen LogP contribution in [0.2, 0.25) is 0 Å². The number of hydrogen-bond acceptors (Lipinski definition) is 6. The maximum Gasteiger partial charge on any atom is 0.306 e. The molecule has 1 atom stereocenters. The van der Waals surface area contributed by atoms with Crippen molar-refractivity contribution in [3.63, 3.8) is 0 Å². The molecule has 0 N–H and O–H groups in total. The average molecular weight is 859 g/mol. The van der Waals surface area contributed by atoms with Crippen LogP contribution in [0, 0.1) is 0 Å². The highest BCUT2D eigenvalue weighted by molar-refractivity contribution is 5.71. The predicted molar refractivity (Wildman–Crippen MR) is 265 cm³/mol. The summed E-state index contributed by atoms with van der Waals surface area (Å²) in [5.41, 5.74) is 0. The zero-order valence-electron chi connectivity index (χ0n) is 39.8. The smallest absolute Gasteiger partial charge is 0.306 e. The van der Waals surface area contributed by atoms with Gasteiger partial charge in [-0.15, -0.1) is 0 Å². The van der Waals surface area contributed by atoms with Gasteiger partial charge < -0.3 is 14.2 Å². The molecule has 0 saturated heterocycles. The molecule has 0 amide bonds. The zero-order chi connectivity index (χ0) is 45.1. The number of allylic oxidation sites excluding steroid dienone is 18. The van der Waals surface area contributed by atoms with Gasteiger partial charge >= 0.3 is 17.9 Å². The lowest BCUT2D eigenvalue weighted by Crippen LogP contribution is -2.30. The molecular weight excluding hydrogens is 769 g/mol. The molecule has 0 aromatic rings. The first-order valence-corrected chi connectivity index (χ1v) is 24.9. The topological polar surface area (TPSA) is 78.9 Å². The van der Waals surface area contributed by atoms with Gasteiger partial charge in [-0.05, 0) is 77.0 Å². The molecule has 0 spiro atoms. The van der Waals surface area contributed by atoms with Gasteiger partial charge in [-0.1, -0.05) is 220 Å². The summed E-state index contributed by atoms with van der Waals surface area (Å²) in [6, 6.07) is 0. The molecule has 0 aromatic carbocycles. The van der Waals surface area contributed by atoms with E-state index in [-0.39, 0.29) is 44.0 Å². The van der Waals surface area contributed by atoms with Gasteiger partial charge in [0.25, 0.3) is 0 Å². The minimum atomic E-state index is -0.818. The second-order valence-electron chi connectivity index (χ2n) is 16.0. The van der Waals surface area contributed by atoms with Crippen molar-refractivity contribution in [2.75, 3.05) is 13.2 Å². The van der Waals surface area contributed by atoms with E-state index in [0.29, 0.717) is 12.8 Å². The molecule has 350 valence electrons. The summed E-state index contributed by atoms with van der Waals surface area (Å²) in [6.07, 6.45) is 66.5. The molecule has 0 heterocycles. The summed E-state index contributed by atoms with van der Waals surface area (Å²) in [6.45, 7) is 6.29. The summed E-state index contributed by atoms with van der Waals surface area (Å²) in [5, 5.41) is 0. The van der Waals surface area contributed by atoms with Crippen LogP contribution in [0.15, 0.2) is 109 Å². The minimum absolute atomic E-state index is 0.110. The molecule has 6 heteroatoms. The van der Waals surface area contributed by atoms with E-state index in [9.17, 15) is 14.4 Å². The molecular formula is C56H90O6. The summed E-state index contributed by atoms with van der Waals surface area (Å²) in [5.74, 6) is -1.03. The normalized spacial score (nSPS) is 13.0. The summed E-state index contributed by atoms with van der Waals surface area (Å²) in [4.78, 5) is 37.9. The molecule has 0 fully saturated rings. The molecule has 0 bridgehead atoms. The van der Waals surface area contributed by atoms with E-state index in [1.54, 1.807) is 0 Å². The highest BCUT2D eigenvalue weighted by Gasteiger charge is 2.19. The van der Waals surface area contributed by atoms with E-state index in [0.717, 1.165) is 103 Å². The summed E-state index contributed by atoms with van der Waals surface area (Å²) >= 11 is 0. The van der Waals surface area contributed by atoms with Crippen LogP contribution in [-0.2, 0) is 28.6 Å². The minimum Gasteiger partial charge on any atom is -0.462 e. The van der Waals surface area contributed by atoms with Gasteiger partial charge in [-0.2, -0.15) is 0 Å². The van der Waals surface area contributed by atoms with Crippen molar-refractivity contribution in [2.24, 2.45) is 0 Å². The third kappa shape index (κ3) is 47.1. The number of unbranched alkanes of at least 4 members (excludes halogenated alkanes) is 16. The molecule has 0 radical (unpaired) electrons. The molecule has 0 saturated carbocycles. The SMILES string of the molecule is CC\C=C/C=C\C=C/CCCCCCCC(=O)OC(COC(=O)CC/C=C\C/C=C\C/C=C\C/C=C\C/C=C\C/C=C\CC)COC(=O)CCCCCCCCCCCCCC. The van der Waals surface area contributed by atoms with E-state index in [4.69, 9.17) is 14.2 Å². The lowest BCUT2D eigenvalue weighted by atomic mass is 10.0. The second-order valence-corrected chi connectivity index (χ2v) is 16.0. The Morgan fingerprint density at radius 3 is 1.23 bits per heavy atom. The monoisotopic (exact) mass is 859 g/mol. The Morgan fingerprint density at radius 2 is 0.742 bits per heavy atom. The molecule has 0 rings (SSSR count). The summed E-state index contributed by atoms with van der Waals surface area (Å²) < 4.78 is 16.7. The van der Waals surface area contributed by atoms with E-state index in [2.05, 4.69) is 112 Å². The Hall–Kier alpha value is -3.93. The van der Waals surface area contributed by atoms with Crippen LogP contribution in [0.25, 0.3) is 0 Å². The fourth-order valence-corrected chi connectivity index (χ4v) is 6.41. The fourth-order valence-electron chi connectivity index (χ4n) is 6.41. The quantitative estimate of drug-likeness (QED) is 0.0200. The lowest BCUT2D eigenvalue weighted by Gasteiger charge is -2.18. The van der Waals surface area contributed by atoms with E-state index in [1.165, 1.54) is 57.8 Å². The Kier molecular flexibility index (Phi) is 46.6. The van der Waals surface area contributed by atoms with Crippen molar-refractivity contribution >= 4 is 17.9 Å². The predicted octanol–water partition coefficient (Wildman–Crippen LogP) is 16.4. The Bertz CT molecular complexity index is 1310. The Labute approximate surface area is 380 Å². The lowest BCUT2D eigenvalue weighted by molar-refractivity contribution is -0.166. The Balaban J connectivity index is 4.53. The van der Waals surface area contributed by atoms with Gasteiger partial charge in [-0.25, -0.2) is 0 Å². The Morgan fingerprint density at radius 1 is 0.355 bits per heavy atom. The van der Waals surface area contributed by atoms with Crippen LogP contribution in [-0.4, -0.2) is 37.2 Å². The number of carbonyl (C=O) groups is 3. The van der Waals surface area contributed by atoms with E-state index >= 15 is 0 Å².